The van der Waals surface area contributed by atoms with E-state index in [-0.39, 0.29) is 11.5 Å². The molecule has 0 spiro atoms. The van der Waals surface area contributed by atoms with Crippen molar-refractivity contribution in [2.75, 3.05) is 30.5 Å². The number of hydrogen-bond acceptors (Lipinski definition) is 5. The molecule has 0 radical (unpaired) electrons. The third kappa shape index (κ3) is 7.06. The van der Waals surface area contributed by atoms with Crippen LogP contribution in [0.1, 0.15) is 36.9 Å². The maximum atomic E-state index is 15.0. The summed E-state index contributed by atoms with van der Waals surface area (Å²) in [6, 6.07) is 13.8. The first-order chi connectivity index (χ1) is 18.7. The van der Waals surface area contributed by atoms with Crippen LogP contribution < -0.4 is 9.62 Å². The van der Waals surface area contributed by atoms with Crippen LogP contribution in [0.5, 0.6) is 0 Å². The van der Waals surface area contributed by atoms with E-state index in [0.29, 0.717) is 22.7 Å². The lowest BCUT2D eigenvalue weighted by atomic mass is 10.0. The summed E-state index contributed by atoms with van der Waals surface area (Å²) >= 11 is 5.94. The number of alkyl carbamates (subject to hydrolysis) is 1. The molecule has 208 valence electrons. The molecule has 1 aliphatic rings. The molecule has 1 amide bonds. The summed E-state index contributed by atoms with van der Waals surface area (Å²) in [5.41, 5.74) is 0.532. The maximum Gasteiger partial charge on any atom is 0.407 e. The monoisotopic (exact) mass is 577 g/mol. The Kier molecular flexibility index (Phi) is 9.42. The minimum atomic E-state index is -4.38. The van der Waals surface area contributed by atoms with E-state index < -0.39 is 39.5 Å². The van der Waals surface area contributed by atoms with Crippen LogP contribution in [0.25, 0.3) is 0 Å². The summed E-state index contributed by atoms with van der Waals surface area (Å²) in [6.45, 7) is 4.64. The second kappa shape index (κ2) is 12.8. The van der Waals surface area contributed by atoms with E-state index in [1.807, 2.05) is 0 Å². The summed E-state index contributed by atoms with van der Waals surface area (Å²) in [4.78, 5) is 14.4. The molecule has 1 saturated heterocycles. The molecular weight excluding hydrogens is 548 g/mol. The van der Waals surface area contributed by atoms with Crippen LogP contribution in [0, 0.1) is 11.6 Å². The number of likely N-dealkylation sites (tertiary alicyclic amines) is 1. The topological polar surface area (TPSA) is 79.0 Å². The van der Waals surface area contributed by atoms with Gasteiger partial charge in [-0.05, 0) is 80.4 Å². The van der Waals surface area contributed by atoms with E-state index in [2.05, 4.69) is 10.2 Å². The number of nitrogens with zero attached hydrogens (tertiary/aromatic N) is 2. The van der Waals surface area contributed by atoms with Crippen LogP contribution in [-0.2, 0) is 21.4 Å². The van der Waals surface area contributed by atoms with Crippen molar-refractivity contribution >= 4 is 33.4 Å². The van der Waals surface area contributed by atoms with Gasteiger partial charge in [-0.3, -0.25) is 4.31 Å². The minimum absolute atomic E-state index is 0.142. The van der Waals surface area contributed by atoms with Crippen LogP contribution in [0.15, 0.2) is 71.6 Å². The molecule has 7 nitrogen and oxygen atoms in total. The smallest absolute Gasteiger partial charge is 0.407 e. The number of rotatable bonds is 10. The molecule has 0 aliphatic carbocycles. The van der Waals surface area contributed by atoms with Crippen molar-refractivity contribution < 1.29 is 26.7 Å². The van der Waals surface area contributed by atoms with Crippen LogP contribution in [0.2, 0.25) is 5.02 Å². The highest BCUT2D eigenvalue weighted by molar-refractivity contribution is 7.92. The van der Waals surface area contributed by atoms with Gasteiger partial charge in [-0.1, -0.05) is 35.9 Å². The van der Waals surface area contributed by atoms with Gasteiger partial charge in [-0.25, -0.2) is 22.0 Å². The normalized spacial score (nSPS) is 14.7. The highest BCUT2D eigenvalue weighted by Gasteiger charge is 2.33. The Morgan fingerprint density at radius 1 is 1.08 bits per heavy atom. The van der Waals surface area contributed by atoms with E-state index >= 15 is 4.39 Å². The lowest BCUT2D eigenvalue weighted by molar-refractivity contribution is 0.138. The Bertz CT molecular complexity index is 1400. The number of carbonyl (C=O) groups excluding carboxylic acids is 1. The zero-order valence-corrected chi connectivity index (χ0v) is 23.0. The Balaban J connectivity index is 1.60. The summed E-state index contributed by atoms with van der Waals surface area (Å²) in [6.07, 6.45) is 1.71. The third-order valence-corrected chi connectivity index (χ3v) is 8.78. The van der Waals surface area contributed by atoms with E-state index in [1.165, 1.54) is 24.3 Å². The number of ether oxygens (including phenoxy) is 1. The number of halogens is 3. The molecule has 1 aliphatic heterocycles. The van der Waals surface area contributed by atoms with Crippen molar-refractivity contribution in [1.82, 2.24) is 10.2 Å². The molecule has 4 rings (SSSR count). The second-order valence-corrected chi connectivity index (χ2v) is 11.5. The minimum Gasteiger partial charge on any atom is -0.445 e. The molecule has 39 heavy (non-hydrogen) atoms. The zero-order valence-electron chi connectivity index (χ0n) is 21.4. The fourth-order valence-electron chi connectivity index (χ4n) is 4.64. The average Bonchev–Trinajstić information content (AvgIpc) is 3.43. The van der Waals surface area contributed by atoms with Gasteiger partial charge in [-0.15, -0.1) is 0 Å². The Hall–Kier alpha value is -3.21. The number of benzene rings is 3. The van der Waals surface area contributed by atoms with Gasteiger partial charge >= 0.3 is 6.09 Å². The van der Waals surface area contributed by atoms with Gasteiger partial charge in [0.05, 0.1) is 16.6 Å². The zero-order chi connectivity index (χ0) is 28.0. The number of carbonyl (C=O) groups is 1. The number of anilines is 1. The molecule has 11 heteroatoms. The molecule has 0 saturated carbocycles. The molecule has 1 fully saturated rings. The predicted molar refractivity (Wildman–Crippen MR) is 146 cm³/mol. The van der Waals surface area contributed by atoms with Gasteiger partial charge < -0.3 is 15.0 Å². The van der Waals surface area contributed by atoms with Gasteiger partial charge in [0.1, 0.15) is 18.2 Å². The predicted octanol–water partition coefficient (Wildman–Crippen LogP) is 5.90. The number of nitrogens with one attached hydrogen (secondary N) is 1. The van der Waals surface area contributed by atoms with Crippen LogP contribution >= 0.6 is 11.6 Å². The molecule has 1 N–H and O–H groups in total. The van der Waals surface area contributed by atoms with Gasteiger partial charge in [0.25, 0.3) is 10.0 Å². The van der Waals surface area contributed by atoms with Crippen LogP contribution in [0.3, 0.4) is 0 Å². The fourth-order valence-corrected chi connectivity index (χ4v) is 6.40. The Morgan fingerprint density at radius 2 is 1.77 bits per heavy atom. The average molecular weight is 578 g/mol. The molecule has 3 aromatic rings. The first-order valence-electron chi connectivity index (χ1n) is 12.6. The van der Waals surface area contributed by atoms with Crippen molar-refractivity contribution in [1.29, 1.82) is 0 Å². The van der Waals surface area contributed by atoms with Crippen molar-refractivity contribution in [3.8, 4) is 0 Å². The summed E-state index contributed by atoms with van der Waals surface area (Å²) in [5, 5.41) is 3.06. The summed E-state index contributed by atoms with van der Waals surface area (Å²) in [7, 11) is -4.38. The molecule has 3 aromatic carbocycles. The molecule has 1 atom stereocenters. The second-order valence-electron chi connectivity index (χ2n) is 9.28. The summed E-state index contributed by atoms with van der Waals surface area (Å²) < 4.78 is 63.1. The molecular formula is C28H30ClF2N3O4S. The van der Waals surface area contributed by atoms with E-state index in [9.17, 15) is 17.6 Å². The largest absolute Gasteiger partial charge is 0.445 e. The van der Waals surface area contributed by atoms with E-state index in [0.717, 1.165) is 55.0 Å². The van der Waals surface area contributed by atoms with Crippen LogP contribution in [-0.4, -0.2) is 45.6 Å². The van der Waals surface area contributed by atoms with E-state index in [4.69, 9.17) is 16.3 Å². The maximum absolute atomic E-state index is 15.0. The van der Waals surface area contributed by atoms with Crippen molar-refractivity contribution in [3.63, 3.8) is 0 Å². The number of amides is 1. The first kappa shape index (κ1) is 28.8. The molecule has 0 bridgehead atoms. The van der Waals surface area contributed by atoms with Crippen LogP contribution in [0.4, 0.5) is 19.3 Å². The first-order valence-corrected chi connectivity index (χ1v) is 14.4. The van der Waals surface area contributed by atoms with Gasteiger partial charge in [0, 0.05) is 24.2 Å². The van der Waals surface area contributed by atoms with Gasteiger partial charge in [0.15, 0.2) is 0 Å². The highest BCUT2D eigenvalue weighted by atomic mass is 35.5. The summed E-state index contributed by atoms with van der Waals surface area (Å²) in [5.74, 6) is -1.70. The van der Waals surface area contributed by atoms with E-state index in [1.54, 1.807) is 31.2 Å². The van der Waals surface area contributed by atoms with Gasteiger partial charge in [-0.2, -0.15) is 0 Å². The fraction of sp³-hybridized carbons (Fsp3) is 0.321. The van der Waals surface area contributed by atoms with Crippen molar-refractivity contribution in [2.45, 2.75) is 37.3 Å². The molecule has 1 heterocycles. The highest BCUT2D eigenvalue weighted by Crippen LogP contribution is 2.36. The number of sulfonamides is 1. The standard InChI is InChI=1S/C28H30ClF2N3O4S/c1-20(25-7-3-2-6-21(25)19-38-28(35)32-14-17-33-15-4-5-16-33)34(27-18-23(30)10-13-26(27)31)39(36,37)24-11-8-22(29)9-12-24/h2-3,6-13,18,20H,4-5,14-17,19H2,1H3,(H,32,35)/t20-/m1/s1. The molecule has 0 unspecified atom stereocenters. The third-order valence-electron chi connectivity index (χ3n) is 6.63. The quantitative estimate of drug-likeness (QED) is 0.325. The van der Waals surface area contributed by atoms with Gasteiger partial charge in [0.2, 0.25) is 0 Å². The van der Waals surface area contributed by atoms with Crippen molar-refractivity contribution in [3.05, 3.63) is 94.5 Å². The van der Waals surface area contributed by atoms with Crippen molar-refractivity contribution in [2.24, 2.45) is 0 Å². The lowest BCUT2D eigenvalue weighted by Gasteiger charge is -2.32. The Labute approximate surface area is 232 Å². The lowest BCUT2D eigenvalue weighted by Crippen LogP contribution is -2.35. The molecule has 0 aromatic heterocycles. The number of hydrogen-bond donors (Lipinski definition) is 1. The Morgan fingerprint density at radius 3 is 2.49 bits per heavy atom. The SMILES string of the molecule is C[C@H](c1ccccc1COC(=O)NCCN1CCCC1)N(c1cc(F)ccc1F)S(=O)(=O)c1ccc(Cl)cc1.